The molecule has 0 spiro atoms. The van der Waals surface area contributed by atoms with Crippen molar-refractivity contribution in [3.05, 3.63) is 72.1 Å². The molecule has 8 heteroatoms. The minimum absolute atomic E-state index is 0.122. The molecule has 1 saturated heterocycles. The Hall–Kier alpha value is -2.84. The number of hydrazone groups is 1. The maximum Gasteiger partial charge on any atom is 0.189 e. The normalized spacial score (nSPS) is 23.1. The fourth-order valence-corrected chi connectivity index (χ4v) is 5.32. The fraction of sp³-hybridized carbons (Fsp3) is 0.400. The zero-order valence-electron chi connectivity index (χ0n) is 19.1. The van der Waals surface area contributed by atoms with Crippen LogP contribution >= 0.6 is 11.8 Å². The highest BCUT2D eigenvalue weighted by Crippen LogP contribution is 2.36. The molecule has 0 saturated carbocycles. The van der Waals surface area contributed by atoms with Gasteiger partial charge in [-0.15, -0.1) is 0 Å². The molecule has 2 N–H and O–H groups in total. The van der Waals surface area contributed by atoms with Gasteiger partial charge in [0.2, 0.25) is 0 Å². The second kappa shape index (κ2) is 9.97. The molecule has 5 rings (SSSR count). The number of nitrogens with zero attached hydrogens (tertiary/aromatic N) is 3. The lowest BCUT2D eigenvalue weighted by molar-refractivity contribution is 0.152. The first-order valence-corrected chi connectivity index (χ1v) is 12.6. The van der Waals surface area contributed by atoms with E-state index in [1.165, 1.54) is 11.1 Å². The van der Waals surface area contributed by atoms with Crippen LogP contribution in [0.4, 0.5) is 0 Å². The van der Waals surface area contributed by atoms with Crippen molar-refractivity contribution in [2.75, 3.05) is 13.7 Å². The molecule has 3 unspecified atom stereocenters. The maximum absolute atomic E-state index is 5.81. The number of unbranched alkanes of at least 4 members (excludes halogenated alkanes) is 1. The molecule has 0 aromatic heterocycles. The SMILES string of the molecule is CCCCOc1ccc(C2CC3C4NN=C(SCc5cccc(OC)c5)N4C=CN3N2)cc1. The summed E-state index contributed by atoms with van der Waals surface area (Å²) in [6.07, 6.45) is 7.58. The van der Waals surface area contributed by atoms with Gasteiger partial charge in [-0.3, -0.25) is 5.43 Å². The van der Waals surface area contributed by atoms with Gasteiger partial charge >= 0.3 is 0 Å². The van der Waals surface area contributed by atoms with Gasteiger partial charge in [0.15, 0.2) is 5.17 Å². The van der Waals surface area contributed by atoms with Crippen LogP contribution in [-0.4, -0.2) is 41.0 Å². The Morgan fingerprint density at radius 1 is 1.12 bits per heavy atom. The number of fused-ring (bicyclic) bond motifs is 3. The van der Waals surface area contributed by atoms with E-state index in [1.807, 2.05) is 12.1 Å². The molecule has 2 aromatic carbocycles. The number of ether oxygens (including phenoxy) is 2. The average molecular weight is 466 g/mol. The van der Waals surface area contributed by atoms with Gasteiger partial charge < -0.3 is 19.4 Å². The Labute approximate surface area is 199 Å². The van der Waals surface area contributed by atoms with E-state index >= 15 is 0 Å². The summed E-state index contributed by atoms with van der Waals surface area (Å²) in [6, 6.07) is 17.3. The van der Waals surface area contributed by atoms with Crippen LogP contribution in [0.2, 0.25) is 0 Å². The molecule has 3 atom stereocenters. The van der Waals surface area contributed by atoms with Gasteiger partial charge in [0, 0.05) is 18.2 Å². The number of benzene rings is 2. The van der Waals surface area contributed by atoms with Crippen molar-refractivity contribution in [2.24, 2.45) is 5.10 Å². The Morgan fingerprint density at radius 3 is 2.82 bits per heavy atom. The van der Waals surface area contributed by atoms with Crippen LogP contribution in [0, 0.1) is 0 Å². The lowest BCUT2D eigenvalue weighted by Gasteiger charge is -2.36. The summed E-state index contributed by atoms with van der Waals surface area (Å²) < 4.78 is 11.2. The van der Waals surface area contributed by atoms with Gasteiger partial charge in [-0.1, -0.05) is 49.4 Å². The van der Waals surface area contributed by atoms with Crippen LogP contribution in [0.15, 0.2) is 66.0 Å². The molecule has 7 nitrogen and oxygen atoms in total. The quantitative estimate of drug-likeness (QED) is 0.560. The van der Waals surface area contributed by atoms with E-state index in [0.29, 0.717) is 6.04 Å². The topological polar surface area (TPSA) is 61.4 Å². The predicted octanol–water partition coefficient (Wildman–Crippen LogP) is 4.41. The summed E-state index contributed by atoms with van der Waals surface area (Å²) in [7, 11) is 1.70. The Morgan fingerprint density at radius 2 is 2.00 bits per heavy atom. The monoisotopic (exact) mass is 465 g/mol. The number of hydrogen-bond donors (Lipinski definition) is 2. The van der Waals surface area contributed by atoms with Gasteiger partial charge in [0.1, 0.15) is 17.7 Å². The van der Waals surface area contributed by atoms with Crippen molar-refractivity contribution in [3.8, 4) is 11.5 Å². The van der Waals surface area contributed by atoms with Crippen LogP contribution in [0.3, 0.4) is 0 Å². The molecule has 174 valence electrons. The zero-order valence-corrected chi connectivity index (χ0v) is 19.9. The van der Waals surface area contributed by atoms with Gasteiger partial charge in [-0.05, 0) is 48.2 Å². The van der Waals surface area contributed by atoms with E-state index in [2.05, 4.69) is 81.6 Å². The summed E-state index contributed by atoms with van der Waals surface area (Å²) in [5, 5.41) is 7.86. The number of thioether (sulfide) groups is 1. The van der Waals surface area contributed by atoms with Gasteiger partial charge in [-0.25, -0.2) is 5.43 Å². The molecule has 0 bridgehead atoms. The predicted molar refractivity (Wildman–Crippen MR) is 133 cm³/mol. The molecule has 0 amide bonds. The highest BCUT2D eigenvalue weighted by molar-refractivity contribution is 8.13. The molecule has 3 heterocycles. The van der Waals surface area contributed by atoms with Gasteiger partial charge in [-0.2, -0.15) is 5.10 Å². The molecule has 3 aliphatic heterocycles. The average Bonchev–Trinajstić information content (AvgIpc) is 3.47. The third-order valence-corrected chi connectivity index (χ3v) is 7.29. The lowest BCUT2D eigenvalue weighted by Crippen LogP contribution is -2.54. The van der Waals surface area contributed by atoms with Crippen molar-refractivity contribution in [2.45, 2.75) is 50.2 Å². The summed E-state index contributed by atoms with van der Waals surface area (Å²) in [4.78, 5) is 2.25. The molecular formula is C25H31N5O2S. The minimum atomic E-state index is 0.122. The number of methoxy groups -OCH3 is 1. The highest BCUT2D eigenvalue weighted by atomic mass is 32.2. The zero-order chi connectivity index (χ0) is 22.6. The van der Waals surface area contributed by atoms with Crippen molar-refractivity contribution >= 4 is 16.9 Å². The molecule has 1 fully saturated rings. The molecule has 0 aliphatic carbocycles. The Kier molecular flexibility index (Phi) is 6.64. The van der Waals surface area contributed by atoms with E-state index in [0.717, 1.165) is 48.3 Å². The second-order valence-corrected chi connectivity index (χ2v) is 9.42. The Balaban J connectivity index is 1.18. The van der Waals surface area contributed by atoms with E-state index < -0.39 is 0 Å². The standard InChI is InChI=1S/C25H31N5O2S/c1-3-4-14-32-20-10-8-19(9-11-20)22-16-23-24-26-27-25(29(24)12-13-30(23)28-22)33-17-18-6-5-7-21(15-18)31-2/h5-13,15,22-24,26,28H,3-4,14,16-17H2,1-2H3. The summed E-state index contributed by atoms with van der Waals surface area (Å²) in [6.45, 7) is 2.95. The van der Waals surface area contributed by atoms with E-state index in [1.54, 1.807) is 18.9 Å². The smallest absolute Gasteiger partial charge is 0.189 e. The third kappa shape index (κ3) is 4.77. The van der Waals surface area contributed by atoms with Crippen molar-refractivity contribution in [1.29, 1.82) is 0 Å². The third-order valence-electron chi connectivity index (χ3n) is 6.26. The largest absolute Gasteiger partial charge is 0.497 e. The second-order valence-electron chi connectivity index (χ2n) is 8.48. The molecule has 0 radical (unpaired) electrons. The lowest BCUT2D eigenvalue weighted by atomic mass is 10.00. The number of nitrogens with one attached hydrogen (secondary N) is 2. The number of hydrazine groups is 1. The number of hydrogen-bond acceptors (Lipinski definition) is 8. The first-order valence-electron chi connectivity index (χ1n) is 11.6. The van der Waals surface area contributed by atoms with Gasteiger partial charge in [0.05, 0.1) is 25.8 Å². The van der Waals surface area contributed by atoms with Crippen LogP contribution < -0.4 is 20.3 Å². The van der Waals surface area contributed by atoms with Crippen LogP contribution in [0.1, 0.15) is 43.4 Å². The van der Waals surface area contributed by atoms with Crippen LogP contribution in [0.25, 0.3) is 0 Å². The molecule has 33 heavy (non-hydrogen) atoms. The van der Waals surface area contributed by atoms with Gasteiger partial charge in [0.25, 0.3) is 0 Å². The van der Waals surface area contributed by atoms with Crippen molar-refractivity contribution in [3.63, 3.8) is 0 Å². The van der Waals surface area contributed by atoms with E-state index in [9.17, 15) is 0 Å². The first-order chi connectivity index (χ1) is 16.2. The Bertz CT molecular complexity index is 1010. The van der Waals surface area contributed by atoms with E-state index in [-0.39, 0.29) is 12.2 Å². The summed E-state index contributed by atoms with van der Waals surface area (Å²) in [5.74, 6) is 2.67. The number of rotatable bonds is 8. The highest BCUT2D eigenvalue weighted by Gasteiger charge is 2.44. The maximum atomic E-state index is 5.81. The molecule has 2 aromatic rings. The van der Waals surface area contributed by atoms with Crippen molar-refractivity contribution in [1.82, 2.24) is 20.8 Å². The first kappa shape index (κ1) is 22.0. The minimum Gasteiger partial charge on any atom is -0.497 e. The fourth-order valence-electron chi connectivity index (χ4n) is 4.41. The van der Waals surface area contributed by atoms with Crippen molar-refractivity contribution < 1.29 is 9.47 Å². The summed E-state index contributed by atoms with van der Waals surface area (Å²) >= 11 is 1.74. The molecule has 3 aliphatic rings. The van der Waals surface area contributed by atoms with Crippen LogP contribution in [-0.2, 0) is 5.75 Å². The van der Waals surface area contributed by atoms with Crippen LogP contribution in [0.5, 0.6) is 11.5 Å². The summed E-state index contributed by atoms with van der Waals surface area (Å²) in [5.41, 5.74) is 9.51. The van der Waals surface area contributed by atoms with E-state index in [4.69, 9.17) is 9.47 Å². The number of amidine groups is 1. The molecular weight excluding hydrogens is 434 g/mol.